The molecule has 0 N–H and O–H groups in total. The number of aromatic nitrogens is 1. The molecule has 0 aliphatic heterocycles. The first-order valence-corrected chi connectivity index (χ1v) is 7.04. The van der Waals surface area contributed by atoms with Crippen molar-refractivity contribution in [2.75, 3.05) is 0 Å². The third kappa shape index (κ3) is 2.33. The molecule has 0 fully saturated rings. The summed E-state index contributed by atoms with van der Waals surface area (Å²) in [5, 5.41) is 0. The van der Waals surface area contributed by atoms with Gasteiger partial charge in [0.05, 0.1) is 0 Å². The lowest BCUT2D eigenvalue weighted by Crippen LogP contribution is -2.06. The van der Waals surface area contributed by atoms with Gasteiger partial charge in [0.2, 0.25) is 0 Å². The van der Waals surface area contributed by atoms with E-state index in [1.54, 1.807) is 18.3 Å². The lowest BCUT2D eigenvalue weighted by atomic mass is 9.89. The number of halogens is 2. The van der Waals surface area contributed by atoms with Crippen LogP contribution in [0.5, 0.6) is 0 Å². The van der Waals surface area contributed by atoms with Gasteiger partial charge in [0.15, 0.2) is 11.6 Å². The summed E-state index contributed by atoms with van der Waals surface area (Å²) in [5.74, 6) is -1.06. The molecule has 2 atom stereocenters. The molecule has 0 saturated carbocycles. The summed E-state index contributed by atoms with van der Waals surface area (Å²) in [7, 11) is 0. The second-order valence-electron chi connectivity index (χ2n) is 5.57. The Kier molecular flexibility index (Phi) is 3.51. The van der Waals surface area contributed by atoms with E-state index in [0.717, 1.165) is 30.5 Å². The van der Waals surface area contributed by atoms with E-state index in [-0.39, 0.29) is 5.92 Å². The molecular weight excluding hydrogens is 256 g/mol. The van der Waals surface area contributed by atoms with Crippen LogP contribution in [-0.4, -0.2) is 4.98 Å². The quantitative estimate of drug-likeness (QED) is 0.693. The molecule has 1 heterocycles. The van der Waals surface area contributed by atoms with Crippen molar-refractivity contribution in [2.24, 2.45) is 0 Å². The first-order chi connectivity index (χ1) is 9.66. The van der Waals surface area contributed by atoms with E-state index in [4.69, 9.17) is 0 Å². The average Bonchev–Trinajstić information content (AvgIpc) is 2.62. The Morgan fingerprint density at radius 3 is 2.80 bits per heavy atom. The minimum absolute atomic E-state index is 0.0265. The molecule has 1 aliphatic rings. The number of nitrogens with zero attached hydrogens (tertiary/aromatic N) is 1. The molecule has 1 aliphatic carbocycles. The van der Waals surface area contributed by atoms with Gasteiger partial charge >= 0.3 is 0 Å². The normalized spacial score (nSPS) is 22.1. The first kappa shape index (κ1) is 13.2. The molecule has 0 radical (unpaired) electrons. The highest BCUT2D eigenvalue weighted by Crippen LogP contribution is 2.37. The Balaban J connectivity index is 1.99. The van der Waals surface area contributed by atoms with Crippen molar-refractivity contribution in [1.82, 2.24) is 4.98 Å². The largest absolute Gasteiger partial charge is 0.261 e. The van der Waals surface area contributed by atoms with Gasteiger partial charge in [-0.25, -0.2) is 8.78 Å². The van der Waals surface area contributed by atoms with Crippen molar-refractivity contribution in [3.8, 4) is 0 Å². The molecule has 20 heavy (non-hydrogen) atoms. The molecule has 0 spiro atoms. The molecule has 0 saturated heterocycles. The van der Waals surface area contributed by atoms with Crippen LogP contribution >= 0.6 is 0 Å². The van der Waals surface area contributed by atoms with Gasteiger partial charge < -0.3 is 0 Å². The Bertz CT molecular complexity index is 624. The molecule has 2 aromatic rings. The van der Waals surface area contributed by atoms with Crippen molar-refractivity contribution in [3.05, 3.63) is 65.0 Å². The lowest BCUT2D eigenvalue weighted by molar-refractivity contribution is 0.476. The number of hydrogen-bond acceptors (Lipinski definition) is 1. The van der Waals surface area contributed by atoms with Crippen LogP contribution in [0, 0.1) is 11.6 Å². The number of pyridine rings is 1. The molecule has 0 bridgehead atoms. The third-order valence-corrected chi connectivity index (χ3v) is 4.23. The third-order valence-electron chi connectivity index (χ3n) is 4.23. The molecule has 3 heteroatoms. The fourth-order valence-corrected chi connectivity index (χ4v) is 3.12. The second-order valence-corrected chi connectivity index (χ2v) is 5.57. The van der Waals surface area contributed by atoms with Crippen LogP contribution in [0.15, 0.2) is 36.5 Å². The fourth-order valence-electron chi connectivity index (χ4n) is 3.12. The number of hydrogen-bond donors (Lipinski definition) is 0. The van der Waals surface area contributed by atoms with Gasteiger partial charge in [-0.15, -0.1) is 0 Å². The van der Waals surface area contributed by atoms with Crippen LogP contribution in [0.1, 0.15) is 48.4 Å². The smallest absolute Gasteiger partial charge is 0.162 e. The summed E-state index contributed by atoms with van der Waals surface area (Å²) in [6.07, 6.45) is 4.34. The van der Waals surface area contributed by atoms with Crippen LogP contribution in [0.4, 0.5) is 8.78 Å². The molecule has 1 aromatic carbocycles. The monoisotopic (exact) mass is 273 g/mol. The average molecular weight is 273 g/mol. The zero-order valence-corrected chi connectivity index (χ0v) is 11.4. The lowest BCUT2D eigenvalue weighted by Gasteiger charge is -2.16. The Morgan fingerprint density at radius 1 is 1.10 bits per heavy atom. The van der Waals surface area contributed by atoms with E-state index >= 15 is 0 Å². The fraction of sp³-hybridized carbons (Fsp3) is 0.353. The standard InChI is InChI=1S/C17H17F2N/c1-11-7-8-12(10-13-4-3-9-20-17(11)13)14-5-2-6-15(18)16(14)19/h2-6,9,11-12H,7-8,10H2,1H3/t11-,12-/m1/s1. The SMILES string of the molecule is C[C@@H]1CC[C@@H](c2cccc(F)c2F)Cc2cccnc21. The van der Waals surface area contributed by atoms with Gasteiger partial charge in [0.1, 0.15) is 0 Å². The Morgan fingerprint density at radius 2 is 1.95 bits per heavy atom. The molecule has 0 amide bonds. The molecule has 1 nitrogen and oxygen atoms in total. The van der Waals surface area contributed by atoms with Crippen LogP contribution in [0.3, 0.4) is 0 Å². The predicted octanol–water partition coefficient (Wildman–Crippen LogP) is 4.58. The van der Waals surface area contributed by atoms with Gasteiger partial charge in [-0.2, -0.15) is 0 Å². The van der Waals surface area contributed by atoms with E-state index in [1.807, 2.05) is 12.1 Å². The summed E-state index contributed by atoms with van der Waals surface area (Å²) in [6.45, 7) is 2.15. The minimum Gasteiger partial charge on any atom is -0.261 e. The number of rotatable bonds is 1. The molecule has 0 unspecified atom stereocenters. The Labute approximate surface area is 117 Å². The predicted molar refractivity (Wildman–Crippen MR) is 74.7 cm³/mol. The Hall–Kier alpha value is -1.77. The van der Waals surface area contributed by atoms with Crippen molar-refractivity contribution in [2.45, 2.75) is 38.0 Å². The molecule has 1 aromatic heterocycles. The van der Waals surface area contributed by atoms with Crippen LogP contribution in [-0.2, 0) is 6.42 Å². The van der Waals surface area contributed by atoms with E-state index < -0.39 is 11.6 Å². The van der Waals surface area contributed by atoms with E-state index in [2.05, 4.69) is 11.9 Å². The topological polar surface area (TPSA) is 12.9 Å². The zero-order chi connectivity index (χ0) is 14.1. The van der Waals surface area contributed by atoms with Crippen molar-refractivity contribution in [1.29, 1.82) is 0 Å². The van der Waals surface area contributed by atoms with E-state index in [0.29, 0.717) is 11.5 Å². The maximum Gasteiger partial charge on any atom is 0.162 e. The van der Waals surface area contributed by atoms with Crippen molar-refractivity contribution in [3.63, 3.8) is 0 Å². The summed E-state index contributed by atoms with van der Waals surface area (Å²) in [5.41, 5.74) is 2.76. The summed E-state index contributed by atoms with van der Waals surface area (Å²) < 4.78 is 27.4. The second kappa shape index (κ2) is 5.31. The maximum atomic E-state index is 14.0. The number of fused-ring (bicyclic) bond motifs is 1. The van der Waals surface area contributed by atoms with Crippen molar-refractivity contribution >= 4 is 0 Å². The summed E-state index contributed by atoms with van der Waals surface area (Å²) >= 11 is 0. The van der Waals surface area contributed by atoms with Gasteiger partial charge in [-0.05, 0) is 54.4 Å². The zero-order valence-electron chi connectivity index (χ0n) is 11.4. The highest BCUT2D eigenvalue weighted by atomic mass is 19.2. The first-order valence-electron chi connectivity index (χ1n) is 7.04. The van der Waals surface area contributed by atoms with Gasteiger partial charge in [-0.3, -0.25) is 4.98 Å². The highest BCUT2D eigenvalue weighted by Gasteiger charge is 2.25. The van der Waals surface area contributed by atoms with Crippen LogP contribution in [0.2, 0.25) is 0 Å². The van der Waals surface area contributed by atoms with Gasteiger partial charge in [0, 0.05) is 11.9 Å². The minimum atomic E-state index is -0.758. The molecule has 104 valence electrons. The van der Waals surface area contributed by atoms with Crippen LogP contribution < -0.4 is 0 Å². The van der Waals surface area contributed by atoms with Gasteiger partial charge in [-0.1, -0.05) is 25.1 Å². The van der Waals surface area contributed by atoms with E-state index in [9.17, 15) is 8.78 Å². The van der Waals surface area contributed by atoms with Gasteiger partial charge in [0.25, 0.3) is 0 Å². The molecule has 3 rings (SSSR count). The molecular formula is C17H17F2N. The number of benzene rings is 1. The van der Waals surface area contributed by atoms with E-state index in [1.165, 1.54) is 6.07 Å². The highest BCUT2D eigenvalue weighted by molar-refractivity contribution is 5.31. The summed E-state index contributed by atoms with van der Waals surface area (Å²) in [4.78, 5) is 4.46. The van der Waals surface area contributed by atoms with Crippen LogP contribution in [0.25, 0.3) is 0 Å². The maximum absolute atomic E-state index is 14.0. The van der Waals surface area contributed by atoms with Crippen molar-refractivity contribution < 1.29 is 8.78 Å². The summed E-state index contributed by atoms with van der Waals surface area (Å²) in [6, 6.07) is 8.43.